The molecule has 1 aliphatic heterocycles. The zero-order valence-corrected chi connectivity index (χ0v) is 12.4. The van der Waals surface area contributed by atoms with Gasteiger partial charge in [0.15, 0.2) is 0 Å². The molecular weight excluding hydrogens is 276 g/mol. The molecule has 0 aliphatic carbocycles. The van der Waals surface area contributed by atoms with Gasteiger partial charge in [-0.15, -0.1) is 0 Å². The van der Waals surface area contributed by atoms with Crippen LogP contribution in [0.1, 0.15) is 24.0 Å². The summed E-state index contributed by atoms with van der Waals surface area (Å²) < 4.78 is 11.1. The highest BCUT2D eigenvalue weighted by molar-refractivity contribution is 5.81. The van der Waals surface area contributed by atoms with Crippen LogP contribution in [0.4, 0.5) is 0 Å². The third kappa shape index (κ3) is 2.89. The standard InChI is InChI=1S/C19H18O3/c1-2-21-19(20)18-16(14-9-5-3-6-10-14)13-17(22-18)15-11-7-4-8-12-15/h3-13,16,18H,2H2,1H3/t16-,18+/m0/s1. The van der Waals surface area contributed by atoms with Gasteiger partial charge in [-0.25, -0.2) is 4.79 Å². The molecule has 3 nitrogen and oxygen atoms in total. The van der Waals surface area contributed by atoms with Crippen LogP contribution in [0, 0.1) is 0 Å². The van der Waals surface area contributed by atoms with Crippen LogP contribution in [0.3, 0.4) is 0 Å². The van der Waals surface area contributed by atoms with E-state index in [4.69, 9.17) is 9.47 Å². The molecule has 0 aromatic heterocycles. The van der Waals surface area contributed by atoms with E-state index in [-0.39, 0.29) is 11.9 Å². The third-order valence-electron chi connectivity index (χ3n) is 3.67. The molecule has 2 aromatic carbocycles. The minimum atomic E-state index is -0.627. The minimum absolute atomic E-state index is 0.129. The molecular formula is C19H18O3. The predicted molar refractivity (Wildman–Crippen MR) is 85.1 cm³/mol. The van der Waals surface area contributed by atoms with Crippen molar-refractivity contribution in [2.24, 2.45) is 0 Å². The second-order valence-corrected chi connectivity index (χ2v) is 5.12. The summed E-state index contributed by atoms with van der Waals surface area (Å²) in [6.07, 6.45) is 1.38. The average molecular weight is 294 g/mol. The Hall–Kier alpha value is -2.55. The number of hydrogen-bond donors (Lipinski definition) is 0. The van der Waals surface area contributed by atoms with Gasteiger partial charge in [-0.3, -0.25) is 0 Å². The SMILES string of the molecule is CCOC(=O)[C@@H]1OC(c2ccccc2)=C[C@H]1c1ccccc1. The van der Waals surface area contributed by atoms with Crippen LogP contribution in [0.25, 0.3) is 5.76 Å². The van der Waals surface area contributed by atoms with Crippen molar-refractivity contribution in [1.82, 2.24) is 0 Å². The number of rotatable bonds is 4. The third-order valence-corrected chi connectivity index (χ3v) is 3.67. The molecule has 0 spiro atoms. The molecule has 22 heavy (non-hydrogen) atoms. The smallest absolute Gasteiger partial charge is 0.348 e. The Kier molecular flexibility index (Phi) is 4.24. The van der Waals surface area contributed by atoms with Gasteiger partial charge in [-0.2, -0.15) is 0 Å². The number of carbonyl (C=O) groups excluding carboxylic acids is 1. The van der Waals surface area contributed by atoms with Crippen molar-refractivity contribution >= 4 is 11.7 Å². The summed E-state index contributed by atoms with van der Waals surface area (Å²) >= 11 is 0. The number of hydrogen-bond acceptors (Lipinski definition) is 3. The van der Waals surface area contributed by atoms with E-state index < -0.39 is 6.10 Å². The van der Waals surface area contributed by atoms with Crippen LogP contribution in [0.2, 0.25) is 0 Å². The van der Waals surface area contributed by atoms with Gasteiger partial charge in [0.2, 0.25) is 6.10 Å². The van der Waals surface area contributed by atoms with Crippen LogP contribution in [-0.2, 0) is 14.3 Å². The normalized spacial score (nSPS) is 20.1. The van der Waals surface area contributed by atoms with Crippen molar-refractivity contribution < 1.29 is 14.3 Å². The fourth-order valence-electron chi connectivity index (χ4n) is 2.63. The summed E-state index contributed by atoms with van der Waals surface area (Å²) in [5.74, 6) is 0.279. The molecule has 112 valence electrons. The molecule has 2 aromatic rings. The Balaban J connectivity index is 1.94. The average Bonchev–Trinajstić information content (AvgIpc) is 3.02. The molecule has 0 unspecified atom stereocenters. The highest BCUT2D eigenvalue weighted by atomic mass is 16.6. The number of esters is 1. The Morgan fingerprint density at radius 1 is 1.05 bits per heavy atom. The van der Waals surface area contributed by atoms with E-state index in [9.17, 15) is 4.79 Å². The monoisotopic (exact) mass is 294 g/mol. The van der Waals surface area contributed by atoms with E-state index in [1.165, 1.54) is 0 Å². The van der Waals surface area contributed by atoms with E-state index in [1.807, 2.05) is 66.7 Å². The summed E-state index contributed by atoms with van der Waals surface area (Å²) in [5, 5.41) is 0. The van der Waals surface area contributed by atoms with Crippen molar-refractivity contribution in [3.63, 3.8) is 0 Å². The molecule has 2 atom stereocenters. The second-order valence-electron chi connectivity index (χ2n) is 5.12. The molecule has 0 amide bonds. The van der Waals surface area contributed by atoms with Gasteiger partial charge >= 0.3 is 5.97 Å². The van der Waals surface area contributed by atoms with Crippen LogP contribution in [0.15, 0.2) is 66.7 Å². The van der Waals surface area contributed by atoms with Crippen molar-refractivity contribution in [1.29, 1.82) is 0 Å². The molecule has 0 saturated carbocycles. The predicted octanol–water partition coefficient (Wildman–Crippen LogP) is 3.77. The molecule has 1 aliphatic rings. The Labute approximate surface area is 130 Å². The minimum Gasteiger partial charge on any atom is -0.477 e. The molecule has 3 heteroatoms. The fourth-order valence-corrected chi connectivity index (χ4v) is 2.63. The topological polar surface area (TPSA) is 35.5 Å². The van der Waals surface area contributed by atoms with Crippen molar-refractivity contribution in [3.05, 3.63) is 77.9 Å². The summed E-state index contributed by atoms with van der Waals surface area (Å²) in [7, 11) is 0. The number of carbonyl (C=O) groups is 1. The van der Waals surface area contributed by atoms with Crippen molar-refractivity contribution in [3.8, 4) is 0 Å². The second kappa shape index (κ2) is 6.48. The van der Waals surface area contributed by atoms with E-state index in [0.717, 1.165) is 16.9 Å². The summed E-state index contributed by atoms with van der Waals surface area (Å²) in [4.78, 5) is 12.2. The quantitative estimate of drug-likeness (QED) is 0.805. The van der Waals surface area contributed by atoms with Crippen LogP contribution in [0.5, 0.6) is 0 Å². The van der Waals surface area contributed by atoms with E-state index >= 15 is 0 Å². The maximum Gasteiger partial charge on any atom is 0.348 e. The molecule has 0 N–H and O–H groups in total. The summed E-state index contributed by atoms with van der Waals surface area (Å²) in [5.41, 5.74) is 2.02. The van der Waals surface area contributed by atoms with Crippen LogP contribution < -0.4 is 0 Å². The van der Waals surface area contributed by atoms with Gasteiger partial charge in [-0.05, 0) is 18.6 Å². The Bertz CT molecular complexity index is 662. The highest BCUT2D eigenvalue weighted by Gasteiger charge is 2.37. The highest BCUT2D eigenvalue weighted by Crippen LogP contribution is 2.37. The van der Waals surface area contributed by atoms with Crippen molar-refractivity contribution in [2.75, 3.05) is 6.61 Å². The Morgan fingerprint density at radius 3 is 2.32 bits per heavy atom. The van der Waals surface area contributed by atoms with E-state index in [0.29, 0.717) is 6.61 Å². The molecule has 0 radical (unpaired) electrons. The van der Waals surface area contributed by atoms with E-state index in [2.05, 4.69) is 0 Å². The molecule has 0 bridgehead atoms. The van der Waals surface area contributed by atoms with Gasteiger partial charge in [-0.1, -0.05) is 60.7 Å². The zero-order valence-electron chi connectivity index (χ0n) is 12.4. The lowest BCUT2D eigenvalue weighted by Gasteiger charge is -2.18. The largest absolute Gasteiger partial charge is 0.477 e. The first-order chi connectivity index (χ1) is 10.8. The van der Waals surface area contributed by atoms with E-state index in [1.54, 1.807) is 6.92 Å². The molecule has 3 rings (SSSR count). The lowest BCUT2D eigenvalue weighted by molar-refractivity contribution is -0.152. The number of benzene rings is 2. The first-order valence-corrected chi connectivity index (χ1v) is 7.45. The molecule has 0 fully saturated rings. The van der Waals surface area contributed by atoms with Crippen LogP contribution in [-0.4, -0.2) is 18.7 Å². The van der Waals surface area contributed by atoms with Gasteiger partial charge in [0.25, 0.3) is 0 Å². The maximum atomic E-state index is 12.2. The first-order valence-electron chi connectivity index (χ1n) is 7.45. The zero-order chi connectivity index (χ0) is 15.4. The molecule has 1 heterocycles. The van der Waals surface area contributed by atoms with Gasteiger partial charge in [0, 0.05) is 5.56 Å². The van der Waals surface area contributed by atoms with Crippen LogP contribution >= 0.6 is 0 Å². The van der Waals surface area contributed by atoms with Gasteiger partial charge < -0.3 is 9.47 Å². The fraction of sp³-hybridized carbons (Fsp3) is 0.211. The summed E-state index contributed by atoms with van der Waals surface area (Å²) in [6.45, 7) is 2.15. The lowest BCUT2D eigenvalue weighted by Crippen LogP contribution is -2.28. The lowest BCUT2D eigenvalue weighted by atomic mass is 9.94. The number of ether oxygens (including phenoxy) is 2. The van der Waals surface area contributed by atoms with Gasteiger partial charge in [0.05, 0.1) is 12.5 Å². The van der Waals surface area contributed by atoms with Crippen molar-refractivity contribution in [2.45, 2.75) is 18.9 Å². The summed E-state index contributed by atoms with van der Waals surface area (Å²) in [6, 6.07) is 19.7. The Morgan fingerprint density at radius 2 is 1.68 bits per heavy atom. The maximum absolute atomic E-state index is 12.2. The van der Waals surface area contributed by atoms with Gasteiger partial charge in [0.1, 0.15) is 5.76 Å². The molecule has 0 saturated heterocycles. The first kappa shape index (κ1) is 14.4.